The first-order chi connectivity index (χ1) is 11.5. The van der Waals surface area contributed by atoms with Crippen LogP contribution in [-0.2, 0) is 4.79 Å². The second-order valence-corrected chi connectivity index (χ2v) is 5.76. The highest BCUT2D eigenvalue weighted by Gasteiger charge is 2.24. The third kappa shape index (κ3) is 5.73. The van der Waals surface area contributed by atoms with E-state index in [4.69, 9.17) is 10.5 Å². The van der Waals surface area contributed by atoms with Gasteiger partial charge in [0.2, 0.25) is 5.91 Å². The van der Waals surface area contributed by atoms with Crippen LogP contribution in [0, 0.1) is 11.7 Å². The van der Waals surface area contributed by atoms with E-state index in [1.165, 1.54) is 6.07 Å². The normalized spacial score (nSPS) is 12.6. The molecule has 0 radical (unpaired) electrons. The summed E-state index contributed by atoms with van der Waals surface area (Å²) in [4.78, 5) is 14.0. The molecule has 0 spiro atoms. The molecule has 2 aromatic rings. The minimum absolute atomic E-state index is 0. The second kappa shape index (κ2) is 10.0. The van der Waals surface area contributed by atoms with Crippen LogP contribution in [0.4, 0.5) is 4.39 Å². The fraction of sp³-hybridized carbons (Fsp3) is 0.316. The maximum atomic E-state index is 13.5. The van der Waals surface area contributed by atoms with Gasteiger partial charge >= 0.3 is 0 Å². The number of ether oxygens (including phenoxy) is 1. The lowest BCUT2D eigenvalue weighted by Crippen LogP contribution is -2.39. The predicted octanol–water partition coefficient (Wildman–Crippen LogP) is 3.42. The standard InChI is InChI=1S/C19H23FN2O2.ClH/c1-14(18(21)15-8-4-3-5-9-15)19(23)22(2)12-13-24-17-11-7-6-10-16(17)20;/h3-11,14,18H,12-13,21H2,1-2H3;1H. The van der Waals surface area contributed by atoms with Crippen molar-refractivity contribution in [3.05, 3.63) is 66.0 Å². The maximum Gasteiger partial charge on any atom is 0.227 e. The van der Waals surface area contributed by atoms with Crippen LogP contribution in [0.5, 0.6) is 5.75 Å². The summed E-state index contributed by atoms with van der Waals surface area (Å²) in [5.74, 6) is -0.646. The van der Waals surface area contributed by atoms with Crippen LogP contribution in [0.25, 0.3) is 0 Å². The summed E-state index contributed by atoms with van der Waals surface area (Å²) in [5.41, 5.74) is 7.11. The summed E-state index contributed by atoms with van der Waals surface area (Å²) >= 11 is 0. The van der Waals surface area contributed by atoms with E-state index in [1.54, 1.807) is 30.1 Å². The molecule has 0 heterocycles. The Kier molecular flexibility index (Phi) is 8.38. The van der Waals surface area contributed by atoms with Crippen molar-refractivity contribution < 1.29 is 13.9 Å². The molecular formula is C19H24ClFN2O2. The van der Waals surface area contributed by atoms with Crippen molar-refractivity contribution >= 4 is 18.3 Å². The van der Waals surface area contributed by atoms with E-state index in [1.807, 2.05) is 37.3 Å². The smallest absolute Gasteiger partial charge is 0.227 e. The van der Waals surface area contributed by atoms with Crippen molar-refractivity contribution in [3.8, 4) is 5.75 Å². The van der Waals surface area contributed by atoms with Crippen LogP contribution in [-0.4, -0.2) is 31.0 Å². The molecule has 2 rings (SSSR count). The summed E-state index contributed by atoms with van der Waals surface area (Å²) in [6.45, 7) is 2.39. The van der Waals surface area contributed by atoms with Gasteiger partial charge < -0.3 is 15.4 Å². The van der Waals surface area contributed by atoms with Gasteiger partial charge in [-0.3, -0.25) is 4.79 Å². The number of halogens is 2. The van der Waals surface area contributed by atoms with Crippen molar-refractivity contribution in [2.45, 2.75) is 13.0 Å². The molecule has 136 valence electrons. The van der Waals surface area contributed by atoms with Gasteiger partial charge in [0.25, 0.3) is 0 Å². The molecule has 25 heavy (non-hydrogen) atoms. The molecule has 2 atom stereocenters. The van der Waals surface area contributed by atoms with E-state index in [0.29, 0.717) is 6.54 Å². The van der Waals surface area contributed by atoms with Crippen LogP contribution in [0.3, 0.4) is 0 Å². The number of benzene rings is 2. The number of para-hydroxylation sites is 1. The zero-order valence-electron chi connectivity index (χ0n) is 14.4. The van der Waals surface area contributed by atoms with Crippen LogP contribution >= 0.6 is 12.4 Å². The van der Waals surface area contributed by atoms with E-state index in [-0.39, 0.29) is 42.6 Å². The van der Waals surface area contributed by atoms with Crippen molar-refractivity contribution in [2.75, 3.05) is 20.2 Å². The quantitative estimate of drug-likeness (QED) is 0.816. The van der Waals surface area contributed by atoms with Gasteiger partial charge in [-0.25, -0.2) is 4.39 Å². The lowest BCUT2D eigenvalue weighted by molar-refractivity contribution is -0.134. The SMILES string of the molecule is CC(C(=O)N(C)CCOc1ccccc1F)C(N)c1ccccc1.Cl. The summed E-state index contributed by atoms with van der Waals surface area (Å²) in [7, 11) is 1.70. The average Bonchev–Trinajstić information content (AvgIpc) is 2.62. The Morgan fingerprint density at radius 1 is 1.16 bits per heavy atom. The largest absolute Gasteiger partial charge is 0.489 e. The van der Waals surface area contributed by atoms with Crippen LogP contribution in [0.1, 0.15) is 18.5 Å². The molecule has 4 nitrogen and oxygen atoms in total. The number of nitrogens with zero attached hydrogens (tertiary/aromatic N) is 1. The van der Waals surface area contributed by atoms with E-state index in [0.717, 1.165) is 5.56 Å². The zero-order valence-corrected chi connectivity index (χ0v) is 15.2. The first-order valence-electron chi connectivity index (χ1n) is 7.93. The number of carbonyl (C=O) groups excluding carboxylic acids is 1. The molecule has 1 amide bonds. The van der Waals surface area contributed by atoms with Crippen molar-refractivity contribution in [2.24, 2.45) is 11.7 Å². The molecule has 2 N–H and O–H groups in total. The summed E-state index contributed by atoms with van der Waals surface area (Å²) in [6, 6.07) is 15.4. The number of hydrogen-bond donors (Lipinski definition) is 1. The van der Waals surface area contributed by atoms with E-state index in [2.05, 4.69) is 0 Å². The Morgan fingerprint density at radius 2 is 1.76 bits per heavy atom. The van der Waals surface area contributed by atoms with E-state index < -0.39 is 5.82 Å². The third-order valence-corrected chi connectivity index (χ3v) is 4.01. The molecule has 6 heteroatoms. The van der Waals surface area contributed by atoms with Gasteiger partial charge in [0, 0.05) is 13.1 Å². The number of hydrogen-bond acceptors (Lipinski definition) is 3. The van der Waals surface area contributed by atoms with Gasteiger partial charge in [0.05, 0.1) is 12.5 Å². The molecule has 2 aromatic carbocycles. The first kappa shape index (κ1) is 20.9. The lowest BCUT2D eigenvalue weighted by Gasteiger charge is -2.25. The number of carbonyl (C=O) groups is 1. The molecule has 0 aliphatic carbocycles. The summed E-state index contributed by atoms with van der Waals surface area (Å²) in [5, 5.41) is 0. The Hall–Kier alpha value is -2.11. The van der Waals surface area contributed by atoms with E-state index in [9.17, 15) is 9.18 Å². The van der Waals surface area contributed by atoms with Gasteiger partial charge in [0.15, 0.2) is 11.6 Å². The molecule has 0 aromatic heterocycles. The molecule has 0 aliphatic rings. The number of likely N-dealkylation sites (N-methyl/N-ethyl adjacent to an activating group) is 1. The first-order valence-corrected chi connectivity index (χ1v) is 7.93. The minimum Gasteiger partial charge on any atom is -0.489 e. The fourth-order valence-corrected chi connectivity index (χ4v) is 2.43. The Morgan fingerprint density at radius 3 is 2.40 bits per heavy atom. The van der Waals surface area contributed by atoms with Gasteiger partial charge in [-0.15, -0.1) is 12.4 Å². The maximum absolute atomic E-state index is 13.5. The Bertz CT molecular complexity index is 669. The number of rotatable bonds is 7. The highest BCUT2D eigenvalue weighted by molar-refractivity contribution is 5.85. The summed E-state index contributed by atoms with van der Waals surface area (Å²) < 4.78 is 18.9. The fourth-order valence-electron chi connectivity index (χ4n) is 2.43. The molecule has 0 saturated heterocycles. The number of nitrogens with two attached hydrogens (primary N) is 1. The average molecular weight is 367 g/mol. The minimum atomic E-state index is -0.411. The molecule has 0 bridgehead atoms. The van der Waals surface area contributed by atoms with Gasteiger partial charge in [0.1, 0.15) is 6.61 Å². The molecule has 0 fully saturated rings. The highest BCUT2D eigenvalue weighted by atomic mass is 35.5. The van der Waals surface area contributed by atoms with Gasteiger partial charge in [-0.2, -0.15) is 0 Å². The Balaban J connectivity index is 0.00000312. The van der Waals surface area contributed by atoms with Gasteiger partial charge in [-0.1, -0.05) is 49.4 Å². The predicted molar refractivity (Wildman–Crippen MR) is 99.3 cm³/mol. The van der Waals surface area contributed by atoms with Crippen LogP contribution in [0.2, 0.25) is 0 Å². The zero-order chi connectivity index (χ0) is 17.5. The van der Waals surface area contributed by atoms with E-state index >= 15 is 0 Å². The van der Waals surface area contributed by atoms with Gasteiger partial charge in [-0.05, 0) is 17.7 Å². The second-order valence-electron chi connectivity index (χ2n) is 5.76. The molecule has 0 saturated carbocycles. The molecule has 0 aliphatic heterocycles. The van der Waals surface area contributed by atoms with Crippen LogP contribution in [0.15, 0.2) is 54.6 Å². The van der Waals surface area contributed by atoms with Crippen molar-refractivity contribution in [3.63, 3.8) is 0 Å². The number of amides is 1. The highest BCUT2D eigenvalue weighted by Crippen LogP contribution is 2.21. The van der Waals surface area contributed by atoms with Crippen molar-refractivity contribution in [1.29, 1.82) is 0 Å². The third-order valence-electron chi connectivity index (χ3n) is 4.01. The summed E-state index contributed by atoms with van der Waals surface area (Å²) in [6.07, 6.45) is 0. The monoisotopic (exact) mass is 366 g/mol. The lowest BCUT2D eigenvalue weighted by atomic mass is 9.94. The topological polar surface area (TPSA) is 55.6 Å². The van der Waals surface area contributed by atoms with Crippen molar-refractivity contribution in [1.82, 2.24) is 4.90 Å². The van der Waals surface area contributed by atoms with Crippen LogP contribution < -0.4 is 10.5 Å². The molecule has 2 unspecified atom stereocenters. The Labute approximate surface area is 154 Å². The molecular weight excluding hydrogens is 343 g/mol.